The van der Waals surface area contributed by atoms with Gasteiger partial charge in [-0.15, -0.1) is 11.3 Å². The van der Waals surface area contributed by atoms with E-state index in [4.69, 9.17) is 5.73 Å². The quantitative estimate of drug-likeness (QED) is 0.792. The van der Waals surface area contributed by atoms with Crippen molar-refractivity contribution in [1.29, 1.82) is 0 Å². The molecule has 78 valence electrons. The Balaban J connectivity index is 1.89. The molecule has 1 atom stereocenters. The molecule has 4 heteroatoms. The molecule has 2 heterocycles. The minimum absolute atomic E-state index is 0.564. The molecule has 1 aromatic rings. The maximum atomic E-state index is 5.52. The molecule has 1 saturated heterocycles. The predicted octanol–water partition coefficient (Wildman–Crippen LogP) is 1.29. The Labute approximate surface area is 88.7 Å². The molecular formula is C10H17N3S. The van der Waals surface area contributed by atoms with Crippen LogP contribution in [0.15, 0.2) is 5.38 Å². The zero-order chi connectivity index (χ0) is 9.80. The van der Waals surface area contributed by atoms with E-state index < -0.39 is 0 Å². The first-order chi connectivity index (χ1) is 6.88. The number of hydrogen-bond acceptors (Lipinski definition) is 4. The molecule has 1 aromatic heterocycles. The van der Waals surface area contributed by atoms with E-state index in [1.54, 1.807) is 11.3 Å². The van der Waals surface area contributed by atoms with E-state index in [1.165, 1.54) is 30.8 Å². The topological polar surface area (TPSA) is 50.9 Å². The molecule has 3 nitrogen and oxygen atoms in total. The second-order valence-electron chi connectivity index (χ2n) is 3.79. The molecule has 1 aliphatic rings. The lowest BCUT2D eigenvalue weighted by molar-refractivity contribution is 0.399. The molecule has 3 N–H and O–H groups in total. The van der Waals surface area contributed by atoms with Crippen LogP contribution in [-0.4, -0.2) is 17.6 Å². The van der Waals surface area contributed by atoms with Crippen LogP contribution in [0.25, 0.3) is 0 Å². The summed E-state index contributed by atoms with van der Waals surface area (Å²) in [6, 6.07) is 0.639. The van der Waals surface area contributed by atoms with Crippen LogP contribution in [0, 0.1) is 0 Å². The number of nitrogens with two attached hydrogens (primary N) is 1. The highest BCUT2D eigenvalue weighted by Crippen LogP contribution is 2.16. The lowest BCUT2D eigenvalue weighted by Gasteiger charge is -2.22. The summed E-state index contributed by atoms with van der Waals surface area (Å²) in [5.41, 5.74) is 6.55. The fourth-order valence-corrected chi connectivity index (χ4v) is 2.73. The van der Waals surface area contributed by atoms with Gasteiger partial charge >= 0.3 is 0 Å². The van der Waals surface area contributed by atoms with Crippen molar-refractivity contribution >= 4 is 11.3 Å². The number of rotatable bonds is 3. The van der Waals surface area contributed by atoms with Crippen LogP contribution in [0.3, 0.4) is 0 Å². The SMILES string of the molecule is NCc1csc(CC2CCCCN2)n1. The summed E-state index contributed by atoms with van der Waals surface area (Å²) in [5, 5.41) is 6.82. The molecule has 0 aliphatic carbocycles. The monoisotopic (exact) mass is 211 g/mol. The summed E-state index contributed by atoms with van der Waals surface area (Å²) in [5.74, 6) is 0. The number of piperidine rings is 1. The van der Waals surface area contributed by atoms with Crippen molar-refractivity contribution in [1.82, 2.24) is 10.3 Å². The summed E-state index contributed by atoms with van der Waals surface area (Å²) in [6.45, 7) is 1.73. The van der Waals surface area contributed by atoms with Gasteiger partial charge in [-0.25, -0.2) is 4.98 Å². The lowest BCUT2D eigenvalue weighted by Crippen LogP contribution is -2.35. The molecule has 0 spiro atoms. The van der Waals surface area contributed by atoms with Crippen LogP contribution >= 0.6 is 11.3 Å². The Hall–Kier alpha value is -0.450. The fraction of sp³-hybridized carbons (Fsp3) is 0.700. The van der Waals surface area contributed by atoms with E-state index in [0.717, 1.165) is 12.1 Å². The molecular weight excluding hydrogens is 194 g/mol. The summed E-state index contributed by atoms with van der Waals surface area (Å²) >= 11 is 1.74. The lowest BCUT2D eigenvalue weighted by atomic mass is 10.0. The normalized spacial score (nSPS) is 22.5. The number of aromatic nitrogens is 1. The molecule has 0 radical (unpaired) electrons. The van der Waals surface area contributed by atoms with E-state index in [-0.39, 0.29) is 0 Å². The summed E-state index contributed by atoms with van der Waals surface area (Å²) in [6.07, 6.45) is 5.04. The molecule has 0 amide bonds. The number of thiazole rings is 1. The Morgan fingerprint density at radius 1 is 1.57 bits per heavy atom. The number of nitrogens with zero attached hydrogens (tertiary/aromatic N) is 1. The van der Waals surface area contributed by atoms with Gasteiger partial charge in [0.1, 0.15) is 0 Å². The maximum absolute atomic E-state index is 5.52. The van der Waals surface area contributed by atoms with Gasteiger partial charge in [0.25, 0.3) is 0 Å². The highest BCUT2D eigenvalue weighted by molar-refractivity contribution is 7.09. The van der Waals surface area contributed by atoms with Crippen molar-refractivity contribution in [3.8, 4) is 0 Å². The smallest absolute Gasteiger partial charge is 0.0944 e. The van der Waals surface area contributed by atoms with Crippen LogP contribution < -0.4 is 11.1 Å². The summed E-state index contributed by atoms with van der Waals surface area (Å²) in [7, 11) is 0. The Morgan fingerprint density at radius 3 is 3.14 bits per heavy atom. The molecule has 1 unspecified atom stereocenters. The third kappa shape index (κ3) is 2.53. The van der Waals surface area contributed by atoms with Crippen molar-refractivity contribution in [2.75, 3.05) is 6.54 Å². The minimum Gasteiger partial charge on any atom is -0.325 e. The van der Waals surface area contributed by atoms with Crippen molar-refractivity contribution in [3.05, 3.63) is 16.1 Å². The van der Waals surface area contributed by atoms with Crippen LogP contribution in [-0.2, 0) is 13.0 Å². The van der Waals surface area contributed by atoms with E-state index in [2.05, 4.69) is 15.7 Å². The first-order valence-electron chi connectivity index (χ1n) is 5.25. The van der Waals surface area contributed by atoms with Gasteiger partial charge in [0.15, 0.2) is 0 Å². The second-order valence-corrected chi connectivity index (χ2v) is 4.73. The minimum atomic E-state index is 0.564. The Kier molecular flexibility index (Phi) is 3.50. The van der Waals surface area contributed by atoms with Crippen LogP contribution in [0.2, 0.25) is 0 Å². The van der Waals surface area contributed by atoms with E-state index in [9.17, 15) is 0 Å². The summed E-state index contributed by atoms with van der Waals surface area (Å²) in [4.78, 5) is 4.48. The van der Waals surface area contributed by atoms with Gasteiger partial charge in [0, 0.05) is 24.4 Å². The molecule has 0 bridgehead atoms. The van der Waals surface area contributed by atoms with E-state index in [0.29, 0.717) is 12.6 Å². The third-order valence-corrected chi connectivity index (χ3v) is 3.56. The molecule has 0 aromatic carbocycles. The van der Waals surface area contributed by atoms with E-state index in [1.807, 2.05) is 0 Å². The van der Waals surface area contributed by atoms with Crippen molar-refractivity contribution in [3.63, 3.8) is 0 Å². The van der Waals surface area contributed by atoms with Crippen molar-refractivity contribution in [2.24, 2.45) is 5.73 Å². The molecule has 0 saturated carbocycles. The maximum Gasteiger partial charge on any atom is 0.0944 e. The zero-order valence-electron chi connectivity index (χ0n) is 8.33. The second kappa shape index (κ2) is 4.87. The third-order valence-electron chi connectivity index (χ3n) is 2.64. The summed E-state index contributed by atoms with van der Waals surface area (Å²) < 4.78 is 0. The standard InChI is InChI=1S/C10H17N3S/c11-6-9-7-14-10(13-9)5-8-3-1-2-4-12-8/h7-8,12H,1-6,11H2. The largest absolute Gasteiger partial charge is 0.325 e. The fourth-order valence-electron chi connectivity index (χ4n) is 1.85. The van der Waals surface area contributed by atoms with Gasteiger partial charge < -0.3 is 11.1 Å². The van der Waals surface area contributed by atoms with Crippen molar-refractivity contribution in [2.45, 2.75) is 38.3 Å². The van der Waals surface area contributed by atoms with E-state index >= 15 is 0 Å². The van der Waals surface area contributed by atoms with Gasteiger partial charge in [-0.05, 0) is 19.4 Å². The van der Waals surface area contributed by atoms with Gasteiger partial charge in [0.2, 0.25) is 0 Å². The first-order valence-corrected chi connectivity index (χ1v) is 6.13. The molecule has 2 rings (SSSR count). The van der Waals surface area contributed by atoms with Crippen LogP contribution in [0.1, 0.15) is 30.0 Å². The average Bonchev–Trinajstić information content (AvgIpc) is 2.67. The van der Waals surface area contributed by atoms with Gasteiger partial charge in [-0.2, -0.15) is 0 Å². The van der Waals surface area contributed by atoms with Gasteiger partial charge in [-0.1, -0.05) is 6.42 Å². The first kappa shape index (κ1) is 10.1. The molecule has 14 heavy (non-hydrogen) atoms. The Morgan fingerprint density at radius 2 is 2.50 bits per heavy atom. The molecule has 1 fully saturated rings. The predicted molar refractivity (Wildman–Crippen MR) is 59.4 cm³/mol. The average molecular weight is 211 g/mol. The van der Waals surface area contributed by atoms with Crippen molar-refractivity contribution < 1.29 is 0 Å². The van der Waals surface area contributed by atoms with Gasteiger partial charge in [-0.3, -0.25) is 0 Å². The van der Waals surface area contributed by atoms with Crippen LogP contribution in [0.4, 0.5) is 0 Å². The van der Waals surface area contributed by atoms with Gasteiger partial charge in [0.05, 0.1) is 10.7 Å². The molecule has 1 aliphatic heterocycles. The zero-order valence-corrected chi connectivity index (χ0v) is 9.15. The Bertz CT molecular complexity index is 279. The van der Waals surface area contributed by atoms with Crippen LogP contribution in [0.5, 0.6) is 0 Å². The number of nitrogens with one attached hydrogen (secondary N) is 1. The highest BCUT2D eigenvalue weighted by Gasteiger charge is 2.14. The number of hydrogen-bond donors (Lipinski definition) is 2. The highest BCUT2D eigenvalue weighted by atomic mass is 32.1.